The van der Waals surface area contributed by atoms with E-state index in [0.29, 0.717) is 22.2 Å². The van der Waals surface area contributed by atoms with Gasteiger partial charge in [-0.1, -0.05) is 77.5 Å². The Labute approximate surface area is 188 Å². The van der Waals surface area contributed by atoms with E-state index in [2.05, 4.69) is 34.2 Å². The molecule has 0 aliphatic heterocycles. The minimum absolute atomic E-state index is 0.0314. The van der Waals surface area contributed by atoms with E-state index in [1.165, 1.54) is 11.3 Å². The van der Waals surface area contributed by atoms with E-state index in [9.17, 15) is 4.79 Å². The van der Waals surface area contributed by atoms with Gasteiger partial charge in [0.1, 0.15) is 5.52 Å². The molecule has 0 spiro atoms. The van der Waals surface area contributed by atoms with Gasteiger partial charge in [-0.05, 0) is 40.6 Å². The number of thiazole rings is 1. The summed E-state index contributed by atoms with van der Waals surface area (Å²) in [5.41, 5.74) is 2.49. The van der Waals surface area contributed by atoms with Crippen LogP contribution in [0, 0.1) is 0 Å². The predicted octanol–water partition coefficient (Wildman–Crippen LogP) is 6.27. The highest BCUT2D eigenvalue weighted by Gasteiger charge is 2.21. The quantitative estimate of drug-likeness (QED) is 0.321. The molecule has 4 nitrogen and oxygen atoms in total. The van der Waals surface area contributed by atoms with Gasteiger partial charge in [0, 0.05) is 6.20 Å². The van der Waals surface area contributed by atoms with E-state index in [1.54, 1.807) is 11.1 Å². The van der Waals surface area contributed by atoms with Gasteiger partial charge in [0.2, 0.25) is 5.91 Å². The predicted molar refractivity (Wildman–Crippen MR) is 128 cm³/mol. The van der Waals surface area contributed by atoms with Crippen LogP contribution in [-0.4, -0.2) is 15.9 Å². The molecule has 0 saturated carbocycles. The van der Waals surface area contributed by atoms with Crippen molar-refractivity contribution in [2.24, 2.45) is 0 Å². The smallest absolute Gasteiger partial charge is 0.233 e. The highest BCUT2D eigenvalue weighted by molar-refractivity contribution is 7.22. The van der Waals surface area contributed by atoms with Crippen molar-refractivity contribution in [3.63, 3.8) is 0 Å². The molecule has 31 heavy (non-hydrogen) atoms. The lowest BCUT2D eigenvalue weighted by Gasteiger charge is -2.19. The van der Waals surface area contributed by atoms with Gasteiger partial charge in [0.25, 0.3) is 0 Å². The highest BCUT2D eigenvalue weighted by Crippen LogP contribution is 2.33. The number of para-hydroxylation sites is 1. The molecule has 0 fully saturated rings. The number of halogens is 1. The van der Waals surface area contributed by atoms with Gasteiger partial charge >= 0.3 is 0 Å². The van der Waals surface area contributed by atoms with Crippen LogP contribution in [0.3, 0.4) is 0 Å². The van der Waals surface area contributed by atoms with Crippen LogP contribution < -0.4 is 4.90 Å². The van der Waals surface area contributed by atoms with Crippen molar-refractivity contribution in [2.45, 2.75) is 13.0 Å². The monoisotopic (exact) mass is 443 g/mol. The summed E-state index contributed by atoms with van der Waals surface area (Å²) in [6, 6.07) is 25.7. The number of pyridine rings is 1. The largest absolute Gasteiger partial charge is 0.282 e. The third kappa shape index (κ3) is 4.15. The third-order valence-corrected chi connectivity index (χ3v) is 6.45. The van der Waals surface area contributed by atoms with E-state index >= 15 is 0 Å². The summed E-state index contributed by atoms with van der Waals surface area (Å²) in [4.78, 5) is 24.2. The second kappa shape index (κ2) is 8.46. The normalized spacial score (nSPS) is 11.1. The molecule has 0 atom stereocenters. The number of aromatic nitrogens is 2. The molecule has 0 bridgehead atoms. The standard InChI is InChI=1S/C25H18ClN3OS/c26-21-9-5-10-22-24(21)28-25(31-22)29(16-20-8-3-4-13-27-20)23(30)15-17-11-12-18-6-1-2-7-19(18)14-17/h1-14H,15-16H2. The molecule has 2 heterocycles. The maximum atomic E-state index is 13.4. The molecular weight excluding hydrogens is 426 g/mol. The molecule has 2 aromatic heterocycles. The van der Waals surface area contributed by atoms with Gasteiger partial charge in [-0.3, -0.25) is 14.7 Å². The summed E-state index contributed by atoms with van der Waals surface area (Å²) >= 11 is 7.79. The van der Waals surface area contributed by atoms with Crippen molar-refractivity contribution in [1.29, 1.82) is 0 Å². The van der Waals surface area contributed by atoms with Crippen molar-refractivity contribution >= 4 is 55.0 Å². The summed E-state index contributed by atoms with van der Waals surface area (Å²) in [5, 5.41) is 3.49. The molecule has 5 rings (SSSR count). The number of hydrogen-bond donors (Lipinski definition) is 0. The van der Waals surface area contributed by atoms with Crippen molar-refractivity contribution in [1.82, 2.24) is 9.97 Å². The first-order chi connectivity index (χ1) is 15.2. The third-order valence-electron chi connectivity index (χ3n) is 5.11. The molecule has 5 aromatic rings. The zero-order valence-electron chi connectivity index (χ0n) is 16.5. The van der Waals surface area contributed by atoms with Gasteiger partial charge in [0.05, 0.1) is 28.4 Å². The molecule has 6 heteroatoms. The number of nitrogens with zero attached hydrogens (tertiary/aromatic N) is 3. The van der Waals surface area contributed by atoms with Crippen LogP contribution in [0.25, 0.3) is 21.0 Å². The van der Waals surface area contributed by atoms with Crippen molar-refractivity contribution in [3.8, 4) is 0 Å². The first kappa shape index (κ1) is 19.7. The van der Waals surface area contributed by atoms with Gasteiger partial charge in [0.15, 0.2) is 5.13 Å². The molecule has 0 N–H and O–H groups in total. The van der Waals surface area contributed by atoms with Gasteiger partial charge < -0.3 is 0 Å². The molecular formula is C25H18ClN3OS. The average Bonchev–Trinajstić information content (AvgIpc) is 3.23. The number of fused-ring (bicyclic) bond motifs is 2. The van der Waals surface area contributed by atoms with E-state index < -0.39 is 0 Å². The minimum atomic E-state index is -0.0314. The van der Waals surface area contributed by atoms with Crippen LogP contribution in [0.1, 0.15) is 11.3 Å². The Kier molecular flexibility index (Phi) is 5.37. The van der Waals surface area contributed by atoms with Crippen LogP contribution in [0.5, 0.6) is 0 Å². The lowest BCUT2D eigenvalue weighted by Crippen LogP contribution is -2.32. The summed E-state index contributed by atoms with van der Waals surface area (Å²) in [6.45, 7) is 0.352. The fraction of sp³-hybridized carbons (Fsp3) is 0.0800. The molecule has 0 unspecified atom stereocenters. The van der Waals surface area contributed by atoms with Gasteiger partial charge in [-0.2, -0.15) is 0 Å². The average molecular weight is 444 g/mol. The lowest BCUT2D eigenvalue weighted by atomic mass is 10.0. The number of benzene rings is 3. The van der Waals surface area contributed by atoms with E-state index in [4.69, 9.17) is 11.6 Å². The fourth-order valence-electron chi connectivity index (χ4n) is 3.55. The summed E-state index contributed by atoms with van der Waals surface area (Å²) < 4.78 is 0.951. The van der Waals surface area contributed by atoms with Crippen LogP contribution in [-0.2, 0) is 17.8 Å². The second-order valence-electron chi connectivity index (χ2n) is 7.24. The second-order valence-corrected chi connectivity index (χ2v) is 8.66. The molecule has 0 aliphatic rings. The van der Waals surface area contributed by atoms with Crippen LogP contribution in [0.15, 0.2) is 85.1 Å². The van der Waals surface area contributed by atoms with Crippen LogP contribution >= 0.6 is 22.9 Å². The number of amides is 1. The summed E-state index contributed by atoms with van der Waals surface area (Å²) in [5.74, 6) is -0.0314. The first-order valence-electron chi connectivity index (χ1n) is 9.90. The minimum Gasteiger partial charge on any atom is -0.282 e. The van der Waals surface area contributed by atoms with Crippen LogP contribution in [0.2, 0.25) is 5.02 Å². The van der Waals surface area contributed by atoms with Crippen molar-refractivity contribution in [2.75, 3.05) is 4.90 Å². The Morgan fingerprint density at radius 2 is 1.77 bits per heavy atom. The Bertz CT molecular complexity index is 1380. The van der Waals surface area contributed by atoms with Gasteiger partial charge in [-0.15, -0.1) is 0 Å². The van der Waals surface area contributed by atoms with Gasteiger partial charge in [-0.25, -0.2) is 4.98 Å². The lowest BCUT2D eigenvalue weighted by molar-refractivity contribution is -0.118. The number of rotatable bonds is 5. The fourth-order valence-corrected chi connectivity index (χ4v) is 4.84. The van der Waals surface area contributed by atoms with Crippen molar-refractivity contribution in [3.05, 3.63) is 101 Å². The van der Waals surface area contributed by atoms with Crippen LogP contribution in [0.4, 0.5) is 5.13 Å². The molecule has 1 amide bonds. The zero-order valence-corrected chi connectivity index (χ0v) is 18.1. The number of hydrogen-bond acceptors (Lipinski definition) is 4. The molecule has 0 aliphatic carbocycles. The molecule has 0 radical (unpaired) electrons. The Hall–Kier alpha value is -3.28. The maximum Gasteiger partial charge on any atom is 0.233 e. The maximum absolute atomic E-state index is 13.4. The van der Waals surface area contributed by atoms with Crippen molar-refractivity contribution < 1.29 is 4.79 Å². The first-order valence-corrected chi connectivity index (χ1v) is 11.1. The molecule has 152 valence electrons. The summed E-state index contributed by atoms with van der Waals surface area (Å²) in [7, 11) is 0. The highest BCUT2D eigenvalue weighted by atomic mass is 35.5. The molecule has 0 saturated heterocycles. The Morgan fingerprint density at radius 1 is 0.935 bits per heavy atom. The Morgan fingerprint density at radius 3 is 2.58 bits per heavy atom. The SMILES string of the molecule is O=C(Cc1ccc2ccccc2c1)N(Cc1ccccn1)c1nc2c(Cl)cccc2s1. The Balaban J connectivity index is 1.50. The number of carbonyl (C=O) groups excluding carboxylic acids is 1. The van der Waals surface area contributed by atoms with E-state index in [-0.39, 0.29) is 12.3 Å². The topological polar surface area (TPSA) is 46.1 Å². The van der Waals surface area contributed by atoms with E-state index in [1.807, 2.05) is 54.6 Å². The summed E-state index contributed by atoms with van der Waals surface area (Å²) in [6.07, 6.45) is 2.01. The zero-order chi connectivity index (χ0) is 21.2. The van der Waals surface area contributed by atoms with E-state index in [0.717, 1.165) is 26.7 Å². The number of carbonyl (C=O) groups is 1. The number of anilines is 1. The molecule has 3 aromatic carbocycles.